The van der Waals surface area contributed by atoms with Gasteiger partial charge in [-0.25, -0.2) is 0 Å². The van der Waals surface area contributed by atoms with Crippen LogP contribution >= 0.6 is 11.3 Å². The van der Waals surface area contributed by atoms with E-state index in [1.165, 1.54) is 80.8 Å². The Kier molecular flexibility index (Phi) is 6.16. The zero-order valence-corrected chi connectivity index (χ0v) is 28.3. The summed E-state index contributed by atoms with van der Waals surface area (Å²) in [6.07, 6.45) is 0. The van der Waals surface area contributed by atoms with Gasteiger partial charge in [0.15, 0.2) is 0 Å². The Morgan fingerprint density at radius 3 is 2.04 bits per heavy atom. The van der Waals surface area contributed by atoms with E-state index in [2.05, 4.69) is 183 Å². The summed E-state index contributed by atoms with van der Waals surface area (Å²) >= 11 is 1.92. The van der Waals surface area contributed by atoms with E-state index >= 15 is 0 Å². The lowest BCUT2D eigenvalue weighted by Gasteiger charge is -2.28. The van der Waals surface area contributed by atoms with Crippen molar-refractivity contribution in [1.82, 2.24) is 0 Å². The van der Waals surface area contributed by atoms with Crippen LogP contribution in [0.25, 0.3) is 64.0 Å². The molecule has 0 unspecified atom stereocenters. The number of hydrogen-bond donors (Lipinski definition) is 0. The number of rotatable bonds is 4. The van der Waals surface area contributed by atoms with Crippen LogP contribution in [0.5, 0.6) is 0 Å². The summed E-state index contributed by atoms with van der Waals surface area (Å²) in [6, 6.07) is 60.5. The molecule has 8 aromatic carbocycles. The summed E-state index contributed by atoms with van der Waals surface area (Å²) in [5.41, 5.74) is 11.3. The van der Waals surface area contributed by atoms with Crippen LogP contribution < -0.4 is 4.90 Å². The Hall–Kier alpha value is -5.70. The lowest BCUT2D eigenvalue weighted by atomic mass is 9.82. The normalized spacial score (nSPS) is 13.3. The molecular formula is C47H33NS. The van der Waals surface area contributed by atoms with Crippen molar-refractivity contribution in [2.75, 3.05) is 4.90 Å². The summed E-state index contributed by atoms with van der Waals surface area (Å²) in [7, 11) is 0. The van der Waals surface area contributed by atoms with Gasteiger partial charge in [0.25, 0.3) is 0 Å². The molecule has 1 heterocycles. The van der Waals surface area contributed by atoms with E-state index in [4.69, 9.17) is 0 Å². The average Bonchev–Trinajstić information content (AvgIpc) is 3.65. The van der Waals surface area contributed by atoms with Crippen LogP contribution in [0.4, 0.5) is 17.1 Å². The molecule has 0 fully saturated rings. The Bertz CT molecular complexity index is 2750. The standard InChI is InChI=1S/C47H33NS/c1-47(2)41-20-9-8-18-37(41)40-29-35(25-27-42(40)47)48(34-16-10-15-33(28-34)30-12-4-3-5-13-30)43-21-11-19-38-39-26-24-32-23-22-31-14-6-7-17-36(31)44(32)46(39)49-45(38)43/h3-29H,1-2H3. The SMILES string of the molecule is CC1(C)c2ccccc2-c2cc(N(c3cccc(-c4ccccc4)c3)c3cccc4c3sc3c4ccc4ccc5ccccc5c43)ccc21. The number of benzene rings is 8. The molecule has 10 rings (SSSR count). The van der Waals surface area contributed by atoms with Gasteiger partial charge >= 0.3 is 0 Å². The van der Waals surface area contributed by atoms with Gasteiger partial charge in [0.05, 0.1) is 10.4 Å². The lowest BCUT2D eigenvalue weighted by Crippen LogP contribution is -2.15. The second kappa shape index (κ2) is 10.7. The molecule has 0 bridgehead atoms. The van der Waals surface area contributed by atoms with E-state index in [0.717, 1.165) is 11.4 Å². The molecule has 2 heteroatoms. The largest absolute Gasteiger partial charge is 0.309 e. The first kappa shape index (κ1) is 28.3. The van der Waals surface area contributed by atoms with Crippen LogP contribution in [0, 0.1) is 0 Å². The minimum Gasteiger partial charge on any atom is -0.309 e. The fraction of sp³-hybridized carbons (Fsp3) is 0.0638. The highest BCUT2D eigenvalue weighted by atomic mass is 32.1. The molecule has 232 valence electrons. The Morgan fingerprint density at radius 1 is 0.449 bits per heavy atom. The van der Waals surface area contributed by atoms with Crippen molar-refractivity contribution in [3.63, 3.8) is 0 Å². The van der Waals surface area contributed by atoms with Crippen molar-refractivity contribution < 1.29 is 0 Å². The molecule has 1 aliphatic rings. The lowest BCUT2D eigenvalue weighted by molar-refractivity contribution is 0.660. The summed E-state index contributed by atoms with van der Waals surface area (Å²) < 4.78 is 2.64. The zero-order chi connectivity index (χ0) is 32.7. The molecule has 0 saturated carbocycles. The molecule has 49 heavy (non-hydrogen) atoms. The minimum atomic E-state index is -0.0438. The maximum atomic E-state index is 2.48. The number of thiophene rings is 1. The van der Waals surface area contributed by atoms with Gasteiger partial charge in [0.2, 0.25) is 0 Å². The Labute approximate surface area is 290 Å². The van der Waals surface area contributed by atoms with Crippen LogP contribution in [0.3, 0.4) is 0 Å². The second-order valence-electron chi connectivity index (χ2n) is 13.7. The topological polar surface area (TPSA) is 3.24 Å². The van der Waals surface area contributed by atoms with E-state index in [-0.39, 0.29) is 5.41 Å². The molecule has 1 aromatic heterocycles. The molecule has 0 saturated heterocycles. The number of anilines is 3. The molecule has 0 aliphatic heterocycles. The molecule has 0 amide bonds. The van der Waals surface area contributed by atoms with Crippen LogP contribution in [-0.4, -0.2) is 0 Å². The highest BCUT2D eigenvalue weighted by Crippen LogP contribution is 2.52. The monoisotopic (exact) mass is 643 g/mol. The number of hydrogen-bond acceptors (Lipinski definition) is 2. The van der Waals surface area contributed by atoms with E-state index in [0.29, 0.717) is 0 Å². The van der Waals surface area contributed by atoms with Crippen LogP contribution in [0.15, 0.2) is 164 Å². The van der Waals surface area contributed by atoms with E-state index in [1.807, 2.05) is 11.3 Å². The molecule has 9 aromatic rings. The molecule has 0 radical (unpaired) electrons. The van der Waals surface area contributed by atoms with Gasteiger partial charge in [0.1, 0.15) is 0 Å². The third-order valence-electron chi connectivity index (χ3n) is 10.6. The third-order valence-corrected chi connectivity index (χ3v) is 11.9. The van der Waals surface area contributed by atoms with E-state index < -0.39 is 0 Å². The predicted octanol–water partition coefficient (Wildman–Crippen LogP) is 13.8. The van der Waals surface area contributed by atoms with Crippen LogP contribution in [-0.2, 0) is 5.41 Å². The van der Waals surface area contributed by atoms with E-state index in [9.17, 15) is 0 Å². The Balaban J connectivity index is 1.26. The van der Waals surface area contributed by atoms with Gasteiger partial charge in [-0.05, 0) is 79.9 Å². The van der Waals surface area contributed by atoms with Crippen molar-refractivity contribution in [2.45, 2.75) is 19.3 Å². The maximum absolute atomic E-state index is 2.48. The molecule has 0 spiro atoms. The highest BCUT2D eigenvalue weighted by Gasteiger charge is 2.35. The van der Waals surface area contributed by atoms with Crippen molar-refractivity contribution in [1.29, 1.82) is 0 Å². The van der Waals surface area contributed by atoms with Gasteiger partial charge < -0.3 is 4.90 Å². The first-order chi connectivity index (χ1) is 24.1. The molecular weight excluding hydrogens is 611 g/mol. The molecule has 0 N–H and O–H groups in total. The smallest absolute Gasteiger partial charge is 0.0640 e. The summed E-state index contributed by atoms with van der Waals surface area (Å²) in [4.78, 5) is 2.48. The highest BCUT2D eigenvalue weighted by molar-refractivity contribution is 7.27. The van der Waals surface area contributed by atoms with Crippen molar-refractivity contribution in [2.24, 2.45) is 0 Å². The van der Waals surface area contributed by atoms with Gasteiger partial charge in [-0.2, -0.15) is 0 Å². The molecule has 1 nitrogen and oxygen atoms in total. The molecule has 1 aliphatic carbocycles. The maximum Gasteiger partial charge on any atom is 0.0640 e. The Morgan fingerprint density at radius 2 is 1.12 bits per heavy atom. The predicted molar refractivity (Wildman–Crippen MR) is 212 cm³/mol. The average molecular weight is 644 g/mol. The van der Waals surface area contributed by atoms with Gasteiger partial charge in [-0.15, -0.1) is 11.3 Å². The fourth-order valence-corrected chi connectivity index (χ4v) is 9.61. The zero-order valence-electron chi connectivity index (χ0n) is 27.4. The first-order valence-corrected chi connectivity index (χ1v) is 17.8. The van der Waals surface area contributed by atoms with Gasteiger partial charge in [0, 0.05) is 37.6 Å². The van der Waals surface area contributed by atoms with Gasteiger partial charge in [-0.1, -0.05) is 147 Å². The summed E-state index contributed by atoms with van der Waals surface area (Å²) in [6.45, 7) is 4.70. The fourth-order valence-electron chi connectivity index (χ4n) is 8.23. The van der Waals surface area contributed by atoms with Crippen LogP contribution in [0.2, 0.25) is 0 Å². The number of fused-ring (bicyclic) bond motifs is 10. The third kappa shape index (κ3) is 4.24. The van der Waals surface area contributed by atoms with Gasteiger partial charge in [-0.3, -0.25) is 0 Å². The number of nitrogens with zero attached hydrogens (tertiary/aromatic N) is 1. The van der Waals surface area contributed by atoms with E-state index in [1.54, 1.807) is 0 Å². The summed E-state index contributed by atoms with van der Waals surface area (Å²) in [5.74, 6) is 0. The van der Waals surface area contributed by atoms with Crippen molar-refractivity contribution in [3.8, 4) is 22.3 Å². The van der Waals surface area contributed by atoms with Crippen molar-refractivity contribution >= 4 is 70.1 Å². The minimum absolute atomic E-state index is 0.0438. The van der Waals surface area contributed by atoms with Crippen LogP contribution in [0.1, 0.15) is 25.0 Å². The summed E-state index contributed by atoms with van der Waals surface area (Å²) in [5, 5.41) is 7.83. The van der Waals surface area contributed by atoms with Crippen molar-refractivity contribution in [3.05, 3.63) is 175 Å². The first-order valence-electron chi connectivity index (χ1n) is 17.0. The quantitative estimate of drug-likeness (QED) is 0.173. The molecule has 0 atom stereocenters. The second-order valence-corrected chi connectivity index (χ2v) is 14.8.